The highest BCUT2D eigenvalue weighted by molar-refractivity contribution is 6.35. The summed E-state index contributed by atoms with van der Waals surface area (Å²) in [4.78, 5) is 23.1. The summed E-state index contributed by atoms with van der Waals surface area (Å²) >= 11 is 6.81. The predicted octanol–water partition coefficient (Wildman–Crippen LogP) is 3.96. The van der Waals surface area contributed by atoms with Crippen LogP contribution in [0.15, 0.2) is 36.0 Å². The van der Waals surface area contributed by atoms with E-state index in [1.807, 2.05) is 36.9 Å². The summed E-state index contributed by atoms with van der Waals surface area (Å²) in [5, 5.41) is 23.9. The minimum Gasteiger partial charge on any atom is -0.507 e. The fourth-order valence-corrected chi connectivity index (χ4v) is 6.43. The molecular formula is C30H28ClFN6O3. The lowest BCUT2D eigenvalue weighted by Gasteiger charge is -2.51. The van der Waals surface area contributed by atoms with Crippen LogP contribution in [0.3, 0.4) is 0 Å². The summed E-state index contributed by atoms with van der Waals surface area (Å²) < 4.78 is 23.1. The molecule has 210 valence electrons. The molecule has 2 N–H and O–H groups in total. The summed E-state index contributed by atoms with van der Waals surface area (Å²) in [5.74, 6) is 1.50. The number of hydrogen-bond acceptors (Lipinski definition) is 9. The SMILES string of the molecule is C[C@@H]1CN2c3c4c(nc5c(F)c(-c6c(O)cccc6/C=C/C#N)c(Cl)cc35)O[C@H](CN(C)C)CN4C(=C=O)[C@H]2CN1. The van der Waals surface area contributed by atoms with Crippen molar-refractivity contribution in [2.45, 2.75) is 25.1 Å². The number of benzene rings is 2. The topological polar surface area (TPSA) is 105 Å². The maximum absolute atomic E-state index is 16.7. The van der Waals surface area contributed by atoms with Crippen LogP contribution >= 0.6 is 11.6 Å². The largest absolute Gasteiger partial charge is 0.507 e. The summed E-state index contributed by atoms with van der Waals surface area (Å²) in [7, 11) is 3.86. The Morgan fingerprint density at radius 2 is 2.12 bits per heavy atom. The molecule has 0 bridgehead atoms. The number of aromatic nitrogens is 1. The lowest BCUT2D eigenvalue weighted by atomic mass is 9.93. The summed E-state index contributed by atoms with van der Waals surface area (Å²) in [5.41, 5.74) is 2.37. The molecule has 1 saturated heterocycles. The van der Waals surface area contributed by atoms with Crippen molar-refractivity contribution in [3.8, 4) is 28.8 Å². The highest BCUT2D eigenvalue weighted by Crippen LogP contribution is 2.53. The van der Waals surface area contributed by atoms with Gasteiger partial charge in [-0.15, -0.1) is 0 Å². The number of phenols is 1. The van der Waals surface area contributed by atoms with E-state index in [2.05, 4.69) is 21.1 Å². The quantitative estimate of drug-likeness (QED) is 0.354. The van der Waals surface area contributed by atoms with Gasteiger partial charge in [0.2, 0.25) is 5.88 Å². The number of hydrogen-bond donors (Lipinski definition) is 2. The first-order valence-corrected chi connectivity index (χ1v) is 13.7. The van der Waals surface area contributed by atoms with Gasteiger partial charge in [0.1, 0.15) is 34.7 Å². The van der Waals surface area contributed by atoms with Gasteiger partial charge in [-0.2, -0.15) is 5.26 Å². The Hall–Kier alpha value is -4.13. The van der Waals surface area contributed by atoms with Gasteiger partial charge in [-0.05, 0) is 44.8 Å². The van der Waals surface area contributed by atoms with Crippen molar-refractivity contribution in [3.05, 3.63) is 52.4 Å². The molecule has 3 aliphatic rings. The number of aromatic hydroxyl groups is 1. The van der Waals surface area contributed by atoms with Crippen LogP contribution in [0.4, 0.5) is 15.8 Å². The Labute approximate surface area is 241 Å². The number of halogens is 2. The highest BCUT2D eigenvalue weighted by Gasteiger charge is 2.45. The Morgan fingerprint density at radius 3 is 2.85 bits per heavy atom. The van der Waals surface area contributed by atoms with Gasteiger partial charge in [-0.1, -0.05) is 23.7 Å². The average molecular weight is 575 g/mol. The number of nitrogens with one attached hydrogen (secondary N) is 1. The maximum atomic E-state index is 16.7. The van der Waals surface area contributed by atoms with Crippen LogP contribution in [0.2, 0.25) is 5.02 Å². The van der Waals surface area contributed by atoms with Gasteiger partial charge in [0.25, 0.3) is 0 Å². The van der Waals surface area contributed by atoms with Crippen LogP contribution < -0.4 is 19.9 Å². The van der Waals surface area contributed by atoms with E-state index in [0.29, 0.717) is 54.2 Å². The third-order valence-electron chi connectivity index (χ3n) is 7.76. The zero-order valence-electron chi connectivity index (χ0n) is 22.8. The van der Waals surface area contributed by atoms with Crippen LogP contribution in [0.1, 0.15) is 12.5 Å². The van der Waals surface area contributed by atoms with Gasteiger partial charge >= 0.3 is 0 Å². The molecule has 6 rings (SSSR count). The van der Waals surface area contributed by atoms with E-state index in [9.17, 15) is 9.90 Å². The van der Waals surface area contributed by atoms with Crippen molar-refractivity contribution in [2.24, 2.45) is 0 Å². The van der Waals surface area contributed by atoms with Crippen molar-refractivity contribution in [1.29, 1.82) is 5.26 Å². The van der Waals surface area contributed by atoms with Crippen molar-refractivity contribution in [3.63, 3.8) is 0 Å². The van der Waals surface area contributed by atoms with Gasteiger partial charge in [0.05, 0.1) is 29.4 Å². The van der Waals surface area contributed by atoms with Crippen LogP contribution in [0.25, 0.3) is 28.1 Å². The molecule has 0 unspecified atom stereocenters. The number of pyridine rings is 1. The molecule has 0 radical (unpaired) electrons. The third kappa shape index (κ3) is 4.39. The van der Waals surface area contributed by atoms with E-state index >= 15 is 4.39 Å². The third-order valence-corrected chi connectivity index (χ3v) is 8.06. The first-order valence-electron chi connectivity index (χ1n) is 13.3. The number of piperazine rings is 1. The number of nitrogens with zero attached hydrogens (tertiary/aromatic N) is 5. The van der Waals surface area contributed by atoms with Gasteiger partial charge < -0.3 is 29.9 Å². The molecule has 3 atom stereocenters. The molecule has 0 aliphatic carbocycles. The first-order chi connectivity index (χ1) is 19.7. The number of anilines is 2. The van der Waals surface area contributed by atoms with E-state index in [1.54, 1.807) is 18.2 Å². The number of phenolic OH excluding ortho intramolecular Hbond substituents is 1. The molecule has 0 amide bonds. The monoisotopic (exact) mass is 574 g/mol. The normalized spacial score (nSPS) is 21.5. The number of ether oxygens (including phenoxy) is 1. The number of nitriles is 1. The minimum atomic E-state index is -0.721. The second-order valence-electron chi connectivity index (χ2n) is 10.8. The van der Waals surface area contributed by atoms with E-state index in [1.165, 1.54) is 18.2 Å². The Balaban J connectivity index is 1.66. The molecule has 0 spiro atoms. The number of allylic oxidation sites excluding steroid dienone is 1. The van der Waals surface area contributed by atoms with Crippen molar-refractivity contribution >= 4 is 45.9 Å². The molecule has 3 aromatic rings. The van der Waals surface area contributed by atoms with E-state index in [-0.39, 0.29) is 51.5 Å². The van der Waals surface area contributed by atoms with Crippen molar-refractivity contribution in [1.82, 2.24) is 15.2 Å². The van der Waals surface area contributed by atoms with Crippen LogP contribution in [0.5, 0.6) is 11.6 Å². The van der Waals surface area contributed by atoms with Crippen LogP contribution in [-0.4, -0.2) is 79.4 Å². The average Bonchev–Trinajstić information content (AvgIpc) is 2.93. The minimum absolute atomic E-state index is 0.0264. The van der Waals surface area contributed by atoms with Crippen molar-refractivity contribution < 1.29 is 19.0 Å². The van der Waals surface area contributed by atoms with E-state index in [0.717, 1.165) is 0 Å². The first kappa shape index (κ1) is 27.1. The van der Waals surface area contributed by atoms with Crippen molar-refractivity contribution in [2.75, 3.05) is 50.1 Å². The molecule has 0 saturated carbocycles. The van der Waals surface area contributed by atoms with Crippen LogP contribution in [-0.2, 0) is 4.79 Å². The Bertz CT molecular complexity index is 1700. The summed E-state index contributed by atoms with van der Waals surface area (Å²) in [6, 6.07) is 8.08. The molecule has 1 aromatic heterocycles. The molecule has 2 aromatic carbocycles. The van der Waals surface area contributed by atoms with Gasteiger partial charge in [-0.3, -0.25) is 0 Å². The number of carbonyl (C=O) groups excluding carboxylic acids is 1. The summed E-state index contributed by atoms with van der Waals surface area (Å²) in [6.45, 7) is 4.09. The Morgan fingerprint density at radius 1 is 1.32 bits per heavy atom. The Kier molecular flexibility index (Phi) is 6.84. The second-order valence-corrected chi connectivity index (χ2v) is 11.2. The lowest BCUT2D eigenvalue weighted by molar-refractivity contribution is 0.149. The second kappa shape index (κ2) is 10.4. The molecular weight excluding hydrogens is 547 g/mol. The van der Waals surface area contributed by atoms with Crippen LogP contribution in [0, 0.1) is 17.1 Å². The predicted molar refractivity (Wildman–Crippen MR) is 157 cm³/mol. The number of rotatable bonds is 4. The molecule has 3 aliphatic heterocycles. The molecule has 11 heteroatoms. The zero-order chi connectivity index (χ0) is 29.0. The zero-order valence-corrected chi connectivity index (χ0v) is 23.5. The molecule has 41 heavy (non-hydrogen) atoms. The maximum Gasteiger partial charge on any atom is 0.241 e. The fourth-order valence-electron chi connectivity index (χ4n) is 6.14. The molecule has 9 nitrogen and oxygen atoms in total. The smallest absolute Gasteiger partial charge is 0.241 e. The molecule has 4 heterocycles. The number of likely N-dealkylation sites (N-methyl/N-ethyl adjacent to an activating group) is 1. The van der Waals surface area contributed by atoms with Gasteiger partial charge in [-0.25, -0.2) is 14.2 Å². The van der Waals surface area contributed by atoms with Gasteiger partial charge in [0.15, 0.2) is 5.82 Å². The van der Waals surface area contributed by atoms with E-state index < -0.39 is 5.82 Å². The van der Waals surface area contributed by atoms with E-state index in [4.69, 9.17) is 21.6 Å². The lowest BCUT2D eigenvalue weighted by Crippen LogP contribution is -2.62. The number of fused-ring (bicyclic) bond motifs is 4. The standard InChI is InChI=1S/C30H28ClFN6O3/c1-16-12-37-21(11-34-16)22(15-39)38-14-18(13-36(2)3)41-30-29(38)28(37)19-10-20(31)25(26(32)27(19)35-30)24-17(7-5-9-33)6-4-8-23(24)40/h4-8,10,16,18,21,34,40H,11-14H2,1-3H3/b7-5+/t16-,18-,21-/m1/s1. The molecule has 1 fully saturated rings. The highest BCUT2D eigenvalue weighted by atomic mass is 35.5. The summed E-state index contributed by atoms with van der Waals surface area (Å²) in [6.07, 6.45) is 2.41. The fraction of sp³-hybridized carbons (Fsp3) is 0.333. The van der Waals surface area contributed by atoms with Gasteiger partial charge in [0, 0.05) is 48.3 Å².